The first-order valence-corrected chi connectivity index (χ1v) is 7.34. The van der Waals surface area contributed by atoms with Gasteiger partial charge in [-0.2, -0.15) is 0 Å². The summed E-state index contributed by atoms with van der Waals surface area (Å²) in [5.41, 5.74) is 3.44. The van der Waals surface area contributed by atoms with Crippen molar-refractivity contribution in [3.05, 3.63) is 71.8 Å². The van der Waals surface area contributed by atoms with E-state index < -0.39 is 23.0 Å². The number of halogens is 1. The molecule has 1 aromatic rings. The summed E-state index contributed by atoms with van der Waals surface area (Å²) >= 11 is 0. The minimum Gasteiger partial charge on any atom is -0.366 e. The van der Waals surface area contributed by atoms with Crippen molar-refractivity contribution in [2.24, 2.45) is 5.73 Å². The summed E-state index contributed by atoms with van der Waals surface area (Å²) in [6.45, 7) is 3.68. The molecule has 0 aromatic heterocycles. The first kappa shape index (κ1) is 15.2. The number of nitrogens with one attached hydrogen (secondary N) is 1. The van der Waals surface area contributed by atoms with E-state index in [4.69, 9.17) is 5.73 Å². The van der Waals surface area contributed by atoms with Crippen LogP contribution in [0.4, 0.5) is 4.39 Å². The molecular weight excluding hydrogens is 295 g/mol. The maximum absolute atomic E-state index is 15.2. The predicted molar refractivity (Wildman–Crippen MR) is 85.7 cm³/mol. The molecule has 3 N–H and O–H groups in total. The smallest absolute Gasteiger partial charge is 0.252 e. The van der Waals surface area contributed by atoms with Crippen LogP contribution in [0.2, 0.25) is 0 Å². The number of carbonyl (C=O) groups is 2. The van der Waals surface area contributed by atoms with Crippen LogP contribution in [0.5, 0.6) is 0 Å². The maximum atomic E-state index is 15.2. The molecule has 23 heavy (non-hydrogen) atoms. The van der Waals surface area contributed by atoms with Crippen LogP contribution < -0.4 is 11.1 Å². The summed E-state index contributed by atoms with van der Waals surface area (Å²) in [5.74, 6) is -1.23. The van der Waals surface area contributed by atoms with Crippen molar-refractivity contribution in [2.75, 3.05) is 0 Å². The second-order valence-corrected chi connectivity index (χ2v) is 5.82. The Bertz CT molecular complexity index is 768. The molecule has 2 aliphatic rings. The maximum Gasteiger partial charge on any atom is 0.252 e. The van der Waals surface area contributed by atoms with Gasteiger partial charge in [-0.05, 0) is 30.2 Å². The summed E-state index contributed by atoms with van der Waals surface area (Å²) in [5, 5.41) is 2.78. The van der Waals surface area contributed by atoms with Crippen LogP contribution >= 0.6 is 0 Å². The van der Waals surface area contributed by atoms with Crippen LogP contribution in [-0.2, 0) is 0 Å². The van der Waals surface area contributed by atoms with Crippen molar-refractivity contribution in [2.45, 2.75) is 24.0 Å². The van der Waals surface area contributed by atoms with Gasteiger partial charge in [-0.1, -0.05) is 30.4 Å². The average Bonchev–Trinajstić information content (AvgIpc) is 2.94. The van der Waals surface area contributed by atoms with Crippen LogP contribution in [0.3, 0.4) is 0 Å². The number of amides is 2. The van der Waals surface area contributed by atoms with Crippen LogP contribution in [-0.4, -0.2) is 23.0 Å². The van der Waals surface area contributed by atoms with Crippen LogP contribution in [0.25, 0.3) is 0 Å². The van der Waals surface area contributed by atoms with Crippen molar-refractivity contribution in [3.8, 4) is 0 Å². The van der Waals surface area contributed by atoms with E-state index in [1.807, 2.05) is 0 Å². The summed E-state index contributed by atoms with van der Waals surface area (Å²) < 4.78 is 15.2. The van der Waals surface area contributed by atoms with E-state index in [1.165, 1.54) is 18.2 Å². The molecule has 2 atom stereocenters. The molecule has 3 rings (SSSR count). The molecule has 118 valence electrons. The van der Waals surface area contributed by atoms with Gasteiger partial charge in [0, 0.05) is 6.42 Å². The second-order valence-electron chi connectivity index (χ2n) is 5.82. The van der Waals surface area contributed by atoms with E-state index in [1.54, 1.807) is 30.4 Å². The fourth-order valence-electron chi connectivity index (χ4n) is 3.38. The Labute approximate surface area is 133 Å². The number of carbonyl (C=O) groups excluding carboxylic acids is 2. The predicted octanol–water partition coefficient (Wildman–Crippen LogP) is 2.44. The number of rotatable bonds is 5. The normalized spacial score (nSPS) is 27.6. The Morgan fingerprint density at radius 2 is 2.04 bits per heavy atom. The zero-order valence-corrected chi connectivity index (χ0v) is 12.5. The number of allylic oxidation sites excluding steroid dienone is 1. The molecule has 0 saturated carbocycles. The fraction of sp³-hybridized carbons (Fsp3) is 0.222. The third-order valence-corrected chi connectivity index (χ3v) is 4.56. The molecular formula is C18H17FN2O2. The van der Waals surface area contributed by atoms with Gasteiger partial charge in [-0.3, -0.25) is 9.59 Å². The van der Waals surface area contributed by atoms with Crippen molar-refractivity contribution < 1.29 is 14.0 Å². The van der Waals surface area contributed by atoms with Gasteiger partial charge in [0.15, 0.2) is 5.67 Å². The van der Waals surface area contributed by atoms with E-state index in [0.717, 1.165) is 5.57 Å². The molecule has 4 nitrogen and oxygen atoms in total. The van der Waals surface area contributed by atoms with E-state index in [-0.39, 0.29) is 24.0 Å². The average molecular weight is 312 g/mol. The molecule has 5 heteroatoms. The summed E-state index contributed by atoms with van der Waals surface area (Å²) in [7, 11) is 0. The summed E-state index contributed by atoms with van der Waals surface area (Å²) in [6.07, 6.45) is 7.00. The van der Waals surface area contributed by atoms with Crippen LogP contribution in [0, 0.1) is 0 Å². The molecule has 0 heterocycles. The molecule has 1 aromatic carbocycles. The number of nitrogens with two attached hydrogens (primary N) is 1. The zero-order chi connectivity index (χ0) is 16.7. The largest absolute Gasteiger partial charge is 0.366 e. The molecule has 0 aliphatic heterocycles. The van der Waals surface area contributed by atoms with Gasteiger partial charge in [-0.15, -0.1) is 6.58 Å². The summed E-state index contributed by atoms with van der Waals surface area (Å²) in [6, 6.07) is 6.23. The van der Waals surface area contributed by atoms with Gasteiger partial charge in [0.2, 0.25) is 5.91 Å². The number of benzene rings is 1. The molecule has 0 spiro atoms. The fourth-order valence-corrected chi connectivity index (χ4v) is 3.38. The highest BCUT2D eigenvalue weighted by Crippen LogP contribution is 2.51. The van der Waals surface area contributed by atoms with Crippen molar-refractivity contribution in [3.63, 3.8) is 0 Å². The molecule has 0 saturated heterocycles. The highest BCUT2D eigenvalue weighted by molar-refractivity contribution is 6.07. The Kier molecular flexibility index (Phi) is 3.43. The Morgan fingerprint density at radius 3 is 2.52 bits per heavy atom. The number of fused-ring (bicyclic) bond motifs is 2. The van der Waals surface area contributed by atoms with Gasteiger partial charge in [-0.25, -0.2) is 4.39 Å². The van der Waals surface area contributed by atoms with Crippen LogP contribution in [0.15, 0.2) is 60.7 Å². The summed E-state index contributed by atoms with van der Waals surface area (Å²) in [4.78, 5) is 24.2. The molecule has 2 amide bonds. The lowest BCUT2D eigenvalue weighted by Gasteiger charge is -2.37. The monoisotopic (exact) mass is 312 g/mol. The van der Waals surface area contributed by atoms with Crippen molar-refractivity contribution >= 4 is 11.8 Å². The quantitative estimate of drug-likeness (QED) is 0.820. The third kappa shape index (κ3) is 2.11. The molecule has 2 aliphatic carbocycles. The van der Waals surface area contributed by atoms with Crippen molar-refractivity contribution in [1.82, 2.24) is 5.32 Å². The zero-order valence-electron chi connectivity index (χ0n) is 12.5. The standard InChI is InChI=1S/C18H17FN2O2/c1-2-9-18(12-7-10-17(18,19)11-8-12)21-16(23)14-6-4-3-5-13(14)15(20)22/h2-8,10H,1,9,11H2,(H2,20,22)(H,21,23). The Hall–Kier alpha value is -2.69. The molecule has 2 unspecified atom stereocenters. The molecule has 2 bridgehead atoms. The second kappa shape index (κ2) is 5.19. The number of hydrogen-bond donors (Lipinski definition) is 2. The Balaban J connectivity index is 1.98. The van der Waals surface area contributed by atoms with E-state index in [9.17, 15) is 9.59 Å². The van der Waals surface area contributed by atoms with Crippen molar-refractivity contribution in [1.29, 1.82) is 0 Å². The van der Waals surface area contributed by atoms with Crippen LogP contribution in [0.1, 0.15) is 33.6 Å². The molecule has 0 fully saturated rings. The number of hydrogen-bond acceptors (Lipinski definition) is 2. The van der Waals surface area contributed by atoms with Gasteiger partial charge in [0.05, 0.1) is 11.1 Å². The topological polar surface area (TPSA) is 72.2 Å². The highest BCUT2D eigenvalue weighted by Gasteiger charge is 2.59. The van der Waals surface area contributed by atoms with Gasteiger partial charge in [0.1, 0.15) is 5.54 Å². The SMILES string of the molecule is C=CCC1(NC(=O)c2ccccc2C(N)=O)C2=CCC1(F)C=C2. The minimum absolute atomic E-state index is 0.110. The first-order chi connectivity index (χ1) is 10.9. The van der Waals surface area contributed by atoms with Gasteiger partial charge in [0.25, 0.3) is 5.91 Å². The van der Waals surface area contributed by atoms with Gasteiger partial charge >= 0.3 is 0 Å². The first-order valence-electron chi connectivity index (χ1n) is 7.34. The third-order valence-electron chi connectivity index (χ3n) is 4.56. The lowest BCUT2D eigenvalue weighted by molar-refractivity contribution is 0.0785. The lowest BCUT2D eigenvalue weighted by Crippen LogP contribution is -2.58. The van der Waals surface area contributed by atoms with Gasteiger partial charge < -0.3 is 11.1 Å². The van der Waals surface area contributed by atoms with E-state index in [2.05, 4.69) is 11.9 Å². The van der Waals surface area contributed by atoms with E-state index in [0.29, 0.717) is 0 Å². The Morgan fingerprint density at radius 1 is 1.35 bits per heavy atom. The van der Waals surface area contributed by atoms with E-state index >= 15 is 4.39 Å². The highest BCUT2D eigenvalue weighted by atomic mass is 19.1. The number of primary amides is 1. The minimum atomic E-state index is -1.67. The lowest BCUT2D eigenvalue weighted by atomic mass is 9.81. The number of alkyl halides is 1. The molecule has 0 radical (unpaired) electrons.